The van der Waals surface area contributed by atoms with Crippen LogP contribution in [-0.2, 0) is 6.42 Å². The predicted molar refractivity (Wildman–Crippen MR) is 62.9 cm³/mol. The fourth-order valence-electron chi connectivity index (χ4n) is 1.64. The van der Waals surface area contributed by atoms with Crippen LogP contribution in [0.25, 0.3) is 0 Å². The Bertz CT molecular complexity index is 330. The first-order valence-corrected chi connectivity index (χ1v) is 5.42. The quantitative estimate of drug-likeness (QED) is 0.755. The molecule has 2 nitrogen and oxygen atoms in total. The van der Waals surface area contributed by atoms with E-state index < -0.39 is 0 Å². The SMILES string of the molecule is CCc1c(OC)cc(C)cc1OC(C)C. The summed E-state index contributed by atoms with van der Waals surface area (Å²) in [6, 6.07) is 4.12. The lowest BCUT2D eigenvalue weighted by molar-refractivity contribution is 0.238. The summed E-state index contributed by atoms with van der Waals surface area (Å²) in [5, 5.41) is 0. The molecular weight excluding hydrogens is 188 g/mol. The Morgan fingerprint density at radius 1 is 1.20 bits per heavy atom. The Balaban J connectivity index is 3.16. The van der Waals surface area contributed by atoms with Crippen molar-refractivity contribution in [2.45, 2.75) is 40.2 Å². The van der Waals surface area contributed by atoms with Crippen LogP contribution in [0.5, 0.6) is 11.5 Å². The molecular formula is C13H20O2. The van der Waals surface area contributed by atoms with Crippen molar-refractivity contribution < 1.29 is 9.47 Å². The van der Waals surface area contributed by atoms with Crippen molar-refractivity contribution in [1.82, 2.24) is 0 Å². The molecule has 0 unspecified atom stereocenters. The molecule has 0 N–H and O–H groups in total. The Labute approximate surface area is 92.2 Å². The maximum absolute atomic E-state index is 5.78. The first-order chi connectivity index (χ1) is 7.08. The molecule has 1 aromatic carbocycles. The molecule has 1 aromatic rings. The van der Waals surface area contributed by atoms with E-state index >= 15 is 0 Å². The molecule has 0 aliphatic heterocycles. The van der Waals surface area contributed by atoms with Gasteiger partial charge in [-0.25, -0.2) is 0 Å². The van der Waals surface area contributed by atoms with Crippen molar-refractivity contribution in [2.24, 2.45) is 0 Å². The molecule has 0 atom stereocenters. The van der Waals surface area contributed by atoms with Gasteiger partial charge in [-0.3, -0.25) is 0 Å². The van der Waals surface area contributed by atoms with Crippen molar-refractivity contribution in [3.63, 3.8) is 0 Å². The smallest absolute Gasteiger partial charge is 0.126 e. The van der Waals surface area contributed by atoms with Gasteiger partial charge in [0.15, 0.2) is 0 Å². The summed E-state index contributed by atoms with van der Waals surface area (Å²) in [6.45, 7) is 8.23. The van der Waals surface area contributed by atoms with Crippen LogP contribution in [0.2, 0.25) is 0 Å². The molecule has 2 heteroatoms. The second kappa shape index (κ2) is 5.06. The van der Waals surface area contributed by atoms with Crippen LogP contribution in [-0.4, -0.2) is 13.2 Å². The highest BCUT2D eigenvalue weighted by atomic mass is 16.5. The van der Waals surface area contributed by atoms with Gasteiger partial charge in [-0.15, -0.1) is 0 Å². The molecule has 0 radical (unpaired) electrons. The van der Waals surface area contributed by atoms with Gasteiger partial charge in [0.05, 0.1) is 13.2 Å². The molecule has 0 aliphatic carbocycles. The Kier molecular flexibility index (Phi) is 4.01. The topological polar surface area (TPSA) is 18.5 Å². The van der Waals surface area contributed by atoms with Crippen molar-refractivity contribution in [1.29, 1.82) is 0 Å². The molecule has 0 aromatic heterocycles. The van der Waals surface area contributed by atoms with Gasteiger partial charge in [-0.1, -0.05) is 6.92 Å². The Morgan fingerprint density at radius 2 is 1.80 bits per heavy atom. The number of methoxy groups -OCH3 is 1. The normalized spacial score (nSPS) is 10.5. The maximum atomic E-state index is 5.78. The van der Waals surface area contributed by atoms with Crippen LogP contribution in [0.1, 0.15) is 31.9 Å². The molecule has 0 bridgehead atoms. The summed E-state index contributed by atoms with van der Waals surface area (Å²) in [6.07, 6.45) is 1.12. The van der Waals surface area contributed by atoms with Gasteiger partial charge < -0.3 is 9.47 Å². The maximum Gasteiger partial charge on any atom is 0.126 e. The van der Waals surface area contributed by atoms with Crippen molar-refractivity contribution >= 4 is 0 Å². The zero-order chi connectivity index (χ0) is 11.4. The lowest BCUT2D eigenvalue weighted by Gasteiger charge is -2.17. The fraction of sp³-hybridized carbons (Fsp3) is 0.538. The van der Waals surface area contributed by atoms with Gasteiger partial charge in [-0.2, -0.15) is 0 Å². The highest BCUT2D eigenvalue weighted by Crippen LogP contribution is 2.31. The monoisotopic (exact) mass is 208 g/mol. The van der Waals surface area contributed by atoms with Crippen molar-refractivity contribution in [3.8, 4) is 11.5 Å². The minimum absolute atomic E-state index is 0.196. The minimum atomic E-state index is 0.196. The van der Waals surface area contributed by atoms with E-state index in [1.54, 1.807) is 7.11 Å². The zero-order valence-electron chi connectivity index (χ0n) is 10.3. The van der Waals surface area contributed by atoms with Crippen molar-refractivity contribution in [3.05, 3.63) is 23.3 Å². The third kappa shape index (κ3) is 2.88. The largest absolute Gasteiger partial charge is 0.496 e. The molecule has 1 rings (SSSR count). The average Bonchev–Trinajstić information content (AvgIpc) is 2.15. The second-order valence-corrected chi connectivity index (χ2v) is 3.96. The third-order valence-corrected chi connectivity index (χ3v) is 2.25. The number of hydrogen-bond acceptors (Lipinski definition) is 2. The van der Waals surface area contributed by atoms with E-state index in [4.69, 9.17) is 9.47 Å². The van der Waals surface area contributed by atoms with Crippen LogP contribution in [0.3, 0.4) is 0 Å². The number of hydrogen-bond donors (Lipinski definition) is 0. The molecule has 0 amide bonds. The minimum Gasteiger partial charge on any atom is -0.496 e. The number of rotatable bonds is 4. The molecule has 0 fully saturated rings. The van der Waals surface area contributed by atoms with Crippen LogP contribution in [0.4, 0.5) is 0 Å². The fourth-order valence-corrected chi connectivity index (χ4v) is 1.64. The van der Waals surface area contributed by atoms with E-state index in [0.29, 0.717) is 0 Å². The average molecular weight is 208 g/mol. The van der Waals surface area contributed by atoms with Gasteiger partial charge >= 0.3 is 0 Å². The predicted octanol–water partition coefficient (Wildman–Crippen LogP) is 3.35. The highest BCUT2D eigenvalue weighted by Gasteiger charge is 2.10. The van der Waals surface area contributed by atoms with Crippen molar-refractivity contribution in [2.75, 3.05) is 7.11 Å². The molecule has 0 saturated heterocycles. The van der Waals surface area contributed by atoms with Gasteiger partial charge in [0.25, 0.3) is 0 Å². The molecule has 15 heavy (non-hydrogen) atoms. The summed E-state index contributed by atoms with van der Waals surface area (Å²) in [5.74, 6) is 1.87. The zero-order valence-corrected chi connectivity index (χ0v) is 10.3. The number of aryl methyl sites for hydroxylation is 1. The third-order valence-electron chi connectivity index (χ3n) is 2.25. The van der Waals surface area contributed by atoms with Crippen LogP contribution in [0, 0.1) is 6.92 Å². The van der Waals surface area contributed by atoms with E-state index in [2.05, 4.69) is 19.9 Å². The first-order valence-electron chi connectivity index (χ1n) is 5.42. The summed E-state index contributed by atoms with van der Waals surface area (Å²) in [5.41, 5.74) is 2.32. The molecule has 84 valence electrons. The lowest BCUT2D eigenvalue weighted by Crippen LogP contribution is -2.08. The van der Waals surface area contributed by atoms with Gasteiger partial charge in [0.1, 0.15) is 11.5 Å². The van der Waals surface area contributed by atoms with Crippen LogP contribution in [0.15, 0.2) is 12.1 Å². The van der Waals surface area contributed by atoms with Gasteiger partial charge in [0.2, 0.25) is 0 Å². The standard InChI is InChI=1S/C13H20O2/c1-6-11-12(14-5)7-10(4)8-13(11)15-9(2)3/h7-9H,6H2,1-5H3. The summed E-state index contributed by atoms with van der Waals surface area (Å²) < 4.78 is 11.1. The Hall–Kier alpha value is -1.18. The molecule has 0 aliphatic rings. The van der Waals surface area contributed by atoms with Gasteiger partial charge in [0, 0.05) is 5.56 Å². The number of benzene rings is 1. The van der Waals surface area contributed by atoms with E-state index in [0.717, 1.165) is 23.5 Å². The van der Waals surface area contributed by atoms with Crippen LogP contribution >= 0.6 is 0 Å². The van der Waals surface area contributed by atoms with E-state index in [-0.39, 0.29) is 6.10 Å². The van der Waals surface area contributed by atoms with E-state index in [1.165, 1.54) is 5.56 Å². The highest BCUT2D eigenvalue weighted by molar-refractivity contribution is 5.47. The van der Waals surface area contributed by atoms with E-state index in [9.17, 15) is 0 Å². The second-order valence-electron chi connectivity index (χ2n) is 3.96. The summed E-state index contributed by atoms with van der Waals surface area (Å²) >= 11 is 0. The first kappa shape index (κ1) is 11.9. The molecule has 0 saturated carbocycles. The van der Waals surface area contributed by atoms with Gasteiger partial charge in [-0.05, 0) is 44.9 Å². The molecule has 0 heterocycles. The summed E-state index contributed by atoms with van der Waals surface area (Å²) in [4.78, 5) is 0. The number of ether oxygens (including phenoxy) is 2. The van der Waals surface area contributed by atoms with E-state index in [1.807, 2.05) is 19.9 Å². The Morgan fingerprint density at radius 3 is 2.27 bits per heavy atom. The molecule has 0 spiro atoms. The van der Waals surface area contributed by atoms with Crippen LogP contribution < -0.4 is 9.47 Å². The summed E-state index contributed by atoms with van der Waals surface area (Å²) in [7, 11) is 1.70. The lowest BCUT2D eigenvalue weighted by atomic mass is 10.1.